The van der Waals surface area contributed by atoms with Crippen molar-refractivity contribution in [2.45, 2.75) is 43.9 Å². The van der Waals surface area contributed by atoms with Gasteiger partial charge in [0.2, 0.25) is 0 Å². The molecule has 3 aliphatic heterocycles. The van der Waals surface area contributed by atoms with Gasteiger partial charge in [-0.3, -0.25) is 4.90 Å². The minimum atomic E-state index is -0.497. The molecule has 120 valence electrons. The monoisotopic (exact) mass is 311 g/mol. The molecular formula is C19H21NO3. The van der Waals surface area contributed by atoms with Gasteiger partial charge in [0, 0.05) is 28.8 Å². The summed E-state index contributed by atoms with van der Waals surface area (Å²) in [6.45, 7) is 7.77. The van der Waals surface area contributed by atoms with Crippen LogP contribution in [0.25, 0.3) is 0 Å². The summed E-state index contributed by atoms with van der Waals surface area (Å²) in [6.07, 6.45) is 6.85. The van der Waals surface area contributed by atoms with Gasteiger partial charge in [-0.25, -0.2) is 4.79 Å². The molecule has 0 aromatic carbocycles. The van der Waals surface area contributed by atoms with Gasteiger partial charge >= 0.3 is 5.97 Å². The van der Waals surface area contributed by atoms with Crippen LogP contribution in [-0.2, 0) is 14.3 Å². The van der Waals surface area contributed by atoms with Gasteiger partial charge in [0.05, 0.1) is 12.6 Å². The van der Waals surface area contributed by atoms with Crippen LogP contribution >= 0.6 is 0 Å². The second kappa shape index (κ2) is 5.36. The summed E-state index contributed by atoms with van der Waals surface area (Å²) in [5.41, 5.74) is 2.70. The summed E-state index contributed by atoms with van der Waals surface area (Å²) in [5.74, 6) is 6.05. The summed E-state index contributed by atoms with van der Waals surface area (Å²) in [7, 11) is 0. The van der Waals surface area contributed by atoms with Crippen LogP contribution in [0, 0.1) is 11.8 Å². The number of esters is 1. The van der Waals surface area contributed by atoms with E-state index in [-0.39, 0.29) is 5.97 Å². The number of hydrogen-bond donors (Lipinski definition) is 0. The zero-order chi connectivity index (χ0) is 16.0. The largest absolute Gasteiger partial charge is 0.445 e. The molecule has 0 bridgehead atoms. The highest BCUT2D eigenvalue weighted by molar-refractivity contribution is 5.94. The summed E-state index contributed by atoms with van der Waals surface area (Å²) in [6, 6.07) is 0.586. The number of hydrogen-bond acceptors (Lipinski definition) is 4. The van der Waals surface area contributed by atoms with Gasteiger partial charge in [-0.1, -0.05) is 24.3 Å². The lowest BCUT2D eigenvalue weighted by molar-refractivity contribution is -0.146. The number of nitrogens with zero attached hydrogens (tertiary/aromatic N) is 1. The molecule has 2 fully saturated rings. The van der Waals surface area contributed by atoms with E-state index in [9.17, 15) is 4.79 Å². The van der Waals surface area contributed by atoms with Crippen molar-refractivity contribution in [3.05, 3.63) is 35.5 Å². The van der Waals surface area contributed by atoms with E-state index in [2.05, 4.69) is 30.2 Å². The fraction of sp³-hybridized carbons (Fsp3) is 0.526. The molecule has 3 atom stereocenters. The molecule has 1 aliphatic carbocycles. The van der Waals surface area contributed by atoms with Crippen molar-refractivity contribution in [1.29, 1.82) is 0 Å². The smallest absolute Gasteiger partial charge is 0.332 e. The van der Waals surface area contributed by atoms with E-state index < -0.39 is 5.60 Å². The van der Waals surface area contributed by atoms with E-state index in [1.807, 2.05) is 0 Å². The van der Waals surface area contributed by atoms with Gasteiger partial charge in [-0.15, -0.1) is 6.58 Å². The van der Waals surface area contributed by atoms with Gasteiger partial charge in [-0.2, -0.15) is 0 Å². The van der Waals surface area contributed by atoms with Crippen LogP contribution in [0.4, 0.5) is 0 Å². The standard InChI is InChI=1S/C19H21NO3/c1-3-10-22-11-6-7-14-15-12-17(21)23-19(15)16-8-4-5-9-20(16)13(2)18(14)19/h3,12-13,16H,1,4-5,8-11H2,2H3/t13-,16?,19-/m0/s1. The normalized spacial score (nSPS) is 34.5. The molecular weight excluding hydrogens is 290 g/mol. The second-order valence-corrected chi connectivity index (χ2v) is 6.53. The summed E-state index contributed by atoms with van der Waals surface area (Å²) < 4.78 is 11.2. The highest BCUT2D eigenvalue weighted by Gasteiger charge is 2.68. The highest BCUT2D eigenvalue weighted by Crippen LogP contribution is 2.60. The molecule has 0 aromatic heterocycles. The van der Waals surface area contributed by atoms with Crippen LogP contribution in [0.1, 0.15) is 26.2 Å². The maximum atomic E-state index is 12.0. The molecule has 4 heteroatoms. The van der Waals surface area contributed by atoms with E-state index >= 15 is 0 Å². The Labute approximate surface area is 136 Å². The highest BCUT2D eigenvalue weighted by atomic mass is 16.6. The minimum absolute atomic E-state index is 0.225. The van der Waals surface area contributed by atoms with E-state index in [0.717, 1.165) is 24.1 Å². The Bertz CT molecular complexity index is 693. The molecule has 23 heavy (non-hydrogen) atoms. The Morgan fingerprint density at radius 3 is 3.26 bits per heavy atom. The number of rotatable bonds is 3. The lowest BCUT2D eigenvalue weighted by Gasteiger charge is -2.43. The quantitative estimate of drug-likeness (QED) is 0.346. The third-order valence-corrected chi connectivity index (χ3v) is 5.41. The van der Waals surface area contributed by atoms with Crippen molar-refractivity contribution in [3.63, 3.8) is 0 Å². The van der Waals surface area contributed by atoms with E-state index in [0.29, 0.717) is 25.3 Å². The van der Waals surface area contributed by atoms with Crippen LogP contribution in [-0.4, -0.2) is 48.3 Å². The van der Waals surface area contributed by atoms with E-state index in [1.54, 1.807) is 12.2 Å². The molecule has 3 heterocycles. The first-order chi connectivity index (χ1) is 11.2. The van der Waals surface area contributed by atoms with Crippen LogP contribution in [0.5, 0.6) is 0 Å². The molecule has 0 saturated carbocycles. The SMILES string of the molecule is C=CCOCC#CC1=C2[C@H](C)N3CCCCC3[C@]23OC(=O)C=C13. The number of fused-ring (bicyclic) bond motifs is 1. The Morgan fingerprint density at radius 1 is 1.57 bits per heavy atom. The molecule has 4 rings (SSSR count). The molecule has 1 spiro atoms. The van der Waals surface area contributed by atoms with Crippen LogP contribution in [0.2, 0.25) is 0 Å². The fourth-order valence-corrected chi connectivity index (χ4v) is 4.61. The fourth-order valence-electron chi connectivity index (χ4n) is 4.61. The molecule has 2 saturated heterocycles. The van der Waals surface area contributed by atoms with Gasteiger partial charge in [0.15, 0.2) is 5.60 Å². The van der Waals surface area contributed by atoms with E-state index in [4.69, 9.17) is 9.47 Å². The van der Waals surface area contributed by atoms with E-state index in [1.165, 1.54) is 18.4 Å². The Hall–Kier alpha value is -1.83. The van der Waals surface area contributed by atoms with Crippen molar-refractivity contribution in [3.8, 4) is 11.8 Å². The Kier molecular flexibility index (Phi) is 3.44. The first kappa shape index (κ1) is 14.7. The number of piperidine rings is 1. The van der Waals surface area contributed by atoms with Crippen molar-refractivity contribution in [1.82, 2.24) is 4.90 Å². The van der Waals surface area contributed by atoms with Gasteiger partial charge in [0.1, 0.15) is 6.61 Å². The maximum absolute atomic E-state index is 12.0. The average molecular weight is 311 g/mol. The predicted octanol–water partition coefficient (Wildman–Crippen LogP) is 1.98. The zero-order valence-electron chi connectivity index (χ0n) is 13.4. The molecule has 0 amide bonds. The lowest BCUT2D eigenvalue weighted by Crippen LogP contribution is -2.52. The van der Waals surface area contributed by atoms with Crippen molar-refractivity contribution in [2.75, 3.05) is 19.8 Å². The predicted molar refractivity (Wildman–Crippen MR) is 86.5 cm³/mol. The topological polar surface area (TPSA) is 38.8 Å². The Morgan fingerprint density at radius 2 is 2.43 bits per heavy atom. The molecule has 0 aromatic rings. The average Bonchev–Trinajstić information content (AvgIpc) is 2.95. The van der Waals surface area contributed by atoms with Gasteiger partial charge in [-0.05, 0) is 26.3 Å². The Balaban J connectivity index is 1.68. The third kappa shape index (κ3) is 1.90. The van der Waals surface area contributed by atoms with Crippen LogP contribution < -0.4 is 0 Å². The first-order valence-electron chi connectivity index (χ1n) is 8.33. The van der Waals surface area contributed by atoms with Gasteiger partial charge < -0.3 is 9.47 Å². The zero-order valence-corrected chi connectivity index (χ0v) is 13.4. The third-order valence-electron chi connectivity index (χ3n) is 5.41. The van der Waals surface area contributed by atoms with Crippen LogP contribution in [0.15, 0.2) is 35.5 Å². The summed E-state index contributed by atoms with van der Waals surface area (Å²) in [5, 5.41) is 0. The minimum Gasteiger partial charge on any atom is -0.445 e. The number of carbonyl (C=O) groups is 1. The number of carbonyl (C=O) groups excluding carboxylic acids is 1. The van der Waals surface area contributed by atoms with Gasteiger partial charge in [0.25, 0.3) is 0 Å². The second-order valence-electron chi connectivity index (χ2n) is 6.53. The maximum Gasteiger partial charge on any atom is 0.332 e. The van der Waals surface area contributed by atoms with Crippen LogP contribution in [0.3, 0.4) is 0 Å². The molecule has 1 unspecified atom stereocenters. The molecule has 4 aliphatic rings. The van der Waals surface area contributed by atoms with Crippen molar-refractivity contribution >= 4 is 5.97 Å². The molecule has 0 radical (unpaired) electrons. The number of ether oxygens (including phenoxy) is 2. The van der Waals surface area contributed by atoms with Crippen molar-refractivity contribution < 1.29 is 14.3 Å². The lowest BCUT2D eigenvalue weighted by atomic mass is 9.65. The summed E-state index contributed by atoms with van der Waals surface area (Å²) >= 11 is 0. The molecule has 0 N–H and O–H groups in total. The summed E-state index contributed by atoms with van der Waals surface area (Å²) in [4.78, 5) is 14.4. The molecule has 4 nitrogen and oxygen atoms in total. The first-order valence-corrected chi connectivity index (χ1v) is 8.33. The van der Waals surface area contributed by atoms with Crippen molar-refractivity contribution in [2.24, 2.45) is 0 Å².